The lowest BCUT2D eigenvalue weighted by Crippen LogP contribution is -2.54. The van der Waals surface area contributed by atoms with Crippen molar-refractivity contribution in [1.82, 2.24) is 15.0 Å². The predicted octanol–water partition coefficient (Wildman–Crippen LogP) is 2.74. The van der Waals surface area contributed by atoms with Crippen molar-refractivity contribution in [2.75, 3.05) is 20.3 Å². The number of hydrogen-bond acceptors (Lipinski definition) is 6. The fourth-order valence-corrected chi connectivity index (χ4v) is 2.69. The molecule has 0 unspecified atom stereocenters. The Morgan fingerprint density at radius 2 is 2.22 bits per heavy atom. The summed E-state index contributed by atoms with van der Waals surface area (Å²) in [4.78, 5) is 6.85. The summed E-state index contributed by atoms with van der Waals surface area (Å²) in [7, 11) is 1.64. The third-order valence-corrected chi connectivity index (χ3v) is 4.18. The van der Waals surface area contributed by atoms with E-state index in [1.54, 1.807) is 7.11 Å². The number of ether oxygens (including phenoxy) is 2. The molecule has 3 rings (SSSR count). The number of nitrogens with zero attached hydrogens (tertiary/aromatic N) is 3. The van der Waals surface area contributed by atoms with E-state index in [4.69, 9.17) is 14.0 Å². The van der Waals surface area contributed by atoms with E-state index in [-0.39, 0.29) is 11.6 Å². The van der Waals surface area contributed by atoms with Crippen LogP contribution in [0.5, 0.6) is 5.75 Å². The molecule has 1 atom stereocenters. The van der Waals surface area contributed by atoms with Gasteiger partial charge in [-0.25, -0.2) is 0 Å². The monoisotopic (exact) mass is 317 g/mol. The molecule has 1 fully saturated rings. The average Bonchev–Trinajstić information content (AvgIpc) is 3.00. The molecule has 0 spiro atoms. The van der Waals surface area contributed by atoms with Crippen molar-refractivity contribution < 1.29 is 14.0 Å². The van der Waals surface area contributed by atoms with Crippen molar-refractivity contribution in [2.45, 2.75) is 39.0 Å². The summed E-state index contributed by atoms with van der Waals surface area (Å²) in [5, 5.41) is 4.09. The van der Waals surface area contributed by atoms with E-state index < -0.39 is 0 Å². The van der Waals surface area contributed by atoms with Gasteiger partial charge in [0, 0.05) is 17.6 Å². The van der Waals surface area contributed by atoms with Crippen molar-refractivity contribution in [1.29, 1.82) is 0 Å². The summed E-state index contributed by atoms with van der Waals surface area (Å²) < 4.78 is 16.4. The fraction of sp³-hybridized carbons (Fsp3) is 0.529. The van der Waals surface area contributed by atoms with Gasteiger partial charge in [-0.15, -0.1) is 0 Å². The second kappa shape index (κ2) is 6.29. The number of methoxy groups -OCH3 is 1. The molecule has 0 amide bonds. The predicted molar refractivity (Wildman–Crippen MR) is 86.2 cm³/mol. The van der Waals surface area contributed by atoms with Gasteiger partial charge in [0.2, 0.25) is 11.7 Å². The quantitative estimate of drug-likeness (QED) is 0.864. The van der Waals surface area contributed by atoms with Crippen LogP contribution in [0, 0.1) is 0 Å². The molecule has 6 nitrogen and oxygen atoms in total. The molecule has 124 valence electrons. The first-order chi connectivity index (χ1) is 11.0. The molecule has 0 saturated carbocycles. The summed E-state index contributed by atoms with van der Waals surface area (Å²) in [5.41, 5.74) is 0.839. The van der Waals surface area contributed by atoms with Gasteiger partial charge in [-0.3, -0.25) is 4.90 Å². The van der Waals surface area contributed by atoms with Gasteiger partial charge in [-0.1, -0.05) is 17.3 Å². The Balaban J connectivity index is 1.76. The van der Waals surface area contributed by atoms with Crippen molar-refractivity contribution in [2.24, 2.45) is 0 Å². The van der Waals surface area contributed by atoms with Gasteiger partial charge in [0.25, 0.3) is 0 Å². The minimum atomic E-state index is -0.0445. The maximum Gasteiger partial charge on any atom is 0.241 e. The topological polar surface area (TPSA) is 60.6 Å². The van der Waals surface area contributed by atoms with Crippen molar-refractivity contribution in [3.63, 3.8) is 0 Å². The molecule has 1 saturated heterocycles. The summed E-state index contributed by atoms with van der Waals surface area (Å²) in [6, 6.07) is 7.65. The zero-order valence-electron chi connectivity index (χ0n) is 14.1. The first-order valence-electron chi connectivity index (χ1n) is 7.81. The van der Waals surface area contributed by atoms with Crippen molar-refractivity contribution in [3.05, 3.63) is 30.2 Å². The molecule has 1 aliphatic heterocycles. The smallest absolute Gasteiger partial charge is 0.241 e. The maximum atomic E-state index is 5.74. The summed E-state index contributed by atoms with van der Waals surface area (Å²) in [6.07, 6.45) is 0.212. The van der Waals surface area contributed by atoms with Crippen LogP contribution < -0.4 is 4.74 Å². The van der Waals surface area contributed by atoms with Gasteiger partial charge < -0.3 is 14.0 Å². The minimum Gasteiger partial charge on any atom is -0.497 e. The first kappa shape index (κ1) is 16.0. The van der Waals surface area contributed by atoms with E-state index in [2.05, 4.69) is 35.8 Å². The number of rotatable bonds is 4. The molecule has 1 aromatic carbocycles. The Morgan fingerprint density at radius 3 is 3.00 bits per heavy atom. The highest BCUT2D eigenvalue weighted by atomic mass is 16.5. The highest BCUT2D eigenvalue weighted by Crippen LogP contribution is 2.25. The van der Waals surface area contributed by atoms with Gasteiger partial charge >= 0.3 is 0 Å². The lowest BCUT2D eigenvalue weighted by Gasteiger charge is -2.43. The molecule has 23 heavy (non-hydrogen) atoms. The summed E-state index contributed by atoms with van der Waals surface area (Å²) >= 11 is 0. The second-order valence-corrected chi connectivity index (χ2v) is 6.56. The average molecular weight is 317 g/mol. The van der Waals surface area contributed by atoms with Crippen LogP contribution in [0.3, 0.4) is 0 Å². The molecule has 2 aromatic rings. The zero-order valence-corrected chi connectivity index (χ0v) is 14.1. The third-order valence-electron chi connectivity index (χ3n) is 4.18. The normalized spacial score (nSPS) is 21.3. The van der Waals surface area contributed by atoms with Crippen LogP contribution in [-0.4, -0.2) is 46.9 Å². The van der Waals surface area contributed by atoms with E-state index in [1.807, 2.05) is 24.3 Å². The van der Waals surface area contributed by atoms with Gasteiger partial charge in [0.05, 0.1) is 26.4 Å². The molecular weight excluding hydrogens is 294 g/mol. The highest BCUT2D eigenvalue weighted by Gasteiger charge is 2.34. The SMILES string of the molecule is COc1cccc(-c2noc(CN3C[C@@H](C)OCC3(C)C)n2)c1. The highest BCUT2D eigenvalue weighted by molar-refractivity contribution is 5.56. The zero-order chi connectivity index (χ0) is 16.4. The Labute approximate surface area is 136 Å². The largest absolute Gasteiger partial charge is 0.497 e. The first-order valence-corrected chi connectivity index (χ1v) is 7.81. The maximum absolute atomic E-state index is 5.74. The Morgan fingerprint density at radius 1 is 1.39 bits per heavy atom. The van der Waals surface area contributed by atoms with Gasteiger partial charge in [0.15, 0.2) is 0 Å². The van der Waals surface area contributed by atoms with Gasteiger partial charge in [-0.05, 0) is 32.9 Å². The number of hydrogen-bond donors (Lipinski definition) is 0. The van der Waals surface area contributed by atoms with Crippen LogP contribution >= 0.6 is 0 Å². The number of benzene rings is 1. The molecule has 0 radical (unpaired) electrons. The number of aromatic nitrogens is 2. The van der Waals surface area contributed by atoms with E-state index in [9.17, 15) is 0 Å². The van der Waals surface area contributed by atoms with Crippen molar-refractivity contribution >= 4 is 0 Å². The Hall–Kier alpha value is -1.92. The van der Waals surface area contributed by atoms with E-state index in [0.717, 1.165) is 17.9 Å². The van der Waals surface area contributed by atoms with Crippen LogP contribution in [0.15, 0.2) is 28.8 Å². The summed E-state index contributed by atoms with van der Waals surface area (Å²) in [5.74, 6) is 1.97. The molecule has 1 aliphatic rings. The van der Waals surface area contributed by atoms with Crippen LogP contribution in [0.25, 0.3) is 11.4 Å². The van der Waals surface area contributed by atoms with Gasteiger partial charge in [-0.2, -0.15) is 4.98 Å². The van der Waals surface area contributed by atoms with E-state index in [0.29, 0.717) is 24.9 Å². The van der Waals surface area contributed by atoms with Crippen LogP contribution in [0.4, 0.5) is 0 Å². The molecule has 1 aromatic heterocycles. The third kappa shape index (κ3) is 3.54. The van der Waals surface area contributed by atoms with Gasteiger partial charge in [0.1, 0.15) is 5.75 Å². The summed E-state index contributed by atoms with van der Waals surface area (Å²) in [6.45, 7) is 8.58. The molecule has 2 heterocycles. The molecule has 0 N–H and O–H groups in total. The van der Waals surface area contributed by atoms with E-state index in [1.165, 1.54) is 0 Å². The second-order valence-electron chi connectivity index (χ2n) is 6.56. The van der Waals surface area contributed by atoms with Crippen LogP contribution in [0.2, 0.25) is 0 Å². The minimum absolute atomic E-state index is 0.0445. The number of morpholine rings is 1. The fourth-order valence-electron chi connectivity index (χ4n) is 2.69. The lowest BCUT2D eigenvalue weighted by atomic mass is 10.0. The Bertz CT molecular complexity index is 669. The van der Waals surface area contributed by atoms with E-state index >= 15 is 0 Å². The Kier molecular flexibility index (Phi) is 4.37. The van der Waals surface area contributed by atoms with Crippen molar-refractivity contribution in [3.8, 4) is 17.1 Å². The lowest BCUT2D eigenvalue weighted by molar-refractivity contribution is -0.0976. The molecular formula is C17H23N3O3. The van der Waals surface area contributed by atoms with Crippen LogP contribution in [0.1, 0.15) is 26.7 Å². The molecule has 0 bridgehead atoms. The standard InChI is InChI=1S/C17H23N3O3/c1-12-9-20(17(2,3)11-22-12)10-15-18-16(19-23-15)13-6-5-7-14(8-13)21-4/h5-8,12H,9-11H2,1-4H3/t12-/m1/s1. The van der Waals surface area contributed by atoms with Crippen LogP contribution in [-0.2, 0) is 11.3 Å². The molecule has 6 heteroatoms. The molecule has 0 aliphatic carbocycles.